The first-order valence-electron chi connectivity index (χ1n) is 8.19. The van der Waals surface area contributed by atoms with Crippen molar-refractivity contribution < 1.29 is 9.32 Å². The molecule has 3 aromatic rings. The molecule has 0 saturated carbocycles. The number of amides is 1. The number of benzene rings is 1. The van der Waals surface area contributed by atoms with Crippen LogP contribution in [0.2, 0.25) is 0 Å². The van der Waals surface area contributed by atoms with Crippen LogP contribution in [0.1, 0.15) is 29.7 Å². The van der Waals surface area contributed by atoms with E-state index in [0.717, 1.165) is 52.1 Å². The van der Waals surface area contributed by atoms with Crippen molar-refractivity contribution in [2.75, 3.05) is 11.4 Å². The van der Waals surface area contributed by atoms with E-state index in [1.165, 1.54) is 0 Å². The molecule has 0 atom stereocenters. The molecule has 0 aliphatic carbocycles. The number of carbonyl (C=O) groups excluding carboxylic acids is 1. The van der Waals surface area contributed by atoms with Crippen molar-refractivity contribution in [3.05, 3.63) is 41.1 Å². The molecule has 1 aliphatic heterocycles. The topological polar surface area (TPSA) is 59.2 Å². The number of carbonyl (C=O) groups is 1. The van der Waals surface area contributed by atoms with Crippen molar-refractivity contribution in [3.63, 3.8) is 0 Å². The summed E-state index contributed by atoms with van der Waals surface area (Å²) in [6, 6.07) is 8.04. The first-order valence-corrected chi connectivity index (χ1v) is 8.19. The van der Waals surface area contributed by atoms with Crippen LogP contribution in [0.5, 0.6) is 0 Å². The molecule has 0 radical (unpaired) electrons. The molecule has 1 aromatic carbocycles. The molecule has 0 spiro atoms. The number of aryl methyl sites for hydroxylation is 3. The average molecular weight is 321 g/mol. The van der Waals surface area contributed by atoms with Gasteiger partial charge in [-0.05, 0) is 56.5 Å². The molecule has 24 heavy (non-hydrogen) atoms. The van der Waals surface area contributed by atoms with Gasteiger partial charge in [0.25, 0.3) is 0 Å². The van der Waals surface area contributed by atoms with Crippen LogP contribution >= 0.6 is 0 Å². The molecule has 0 bridgehead atoms. The number of fused-ring (bicyclic) bond motifs is 1. The van der Waals surface area contributed by atoms with Gasteiger partial charge in [-0.3, -0.25) is 4.79 Å². The molecule has 0 unspecified atom stereocenters. The van der Waals surface area contributed by atoms with E-state index >= 15 is 0 Å². The van der Waals surface area contributed by atoms with Crippen LogP contribution in [0.3, 0.4) is 0 Å². The van der Waals surface area contributed by atoms with E-state index in [4.69, 9.17) is 9.51 Å². The van der Waals surface area contributed by atoms with E-state index in [0.29, 0.717) is 12.2 Å². The maximum absolute atomic E-state index is 12.1. The fourth-order valence-electron chi connectivity index (χ4n) is 3.34. The molecular weight excluding hydrogens is 302 g/mol. The Morgan fingerprint density at radius 1 is 1.08 bits per heavy atom. The molecule has 3 heterocycles. The SMILES string of the molecule is Cc1cc(-c2cc(C)c3cc(C)c(N4CCCC4=O)cc3n2)on1. The highest BCUT2D eigenvalue weighted by Gasteiger charge is 2.23. The van der Waals surface area contributed by atoms with E-state index in [1.807, 2.05) is 36.9 Å². The predicted octanol–water partition coefficient (Wildman–Crippen LogP) is 3.94. The van der Waals surface area contributed by atoms with Gasteiger partial charge in [-0.1, -0.05) is 5.16 Å². The van der Waals surface area contributed by atoms with Gasteiger partial charge in [0.05, 0.1) is 11.2 Å². The summed E-state index contributed by atoms with van der Waals surface area (Å²) in [4.78, 5) is 18.7. The first kappa shape index (κ1) is 14.9. The number of anilines is 1. The Balaban J connectivity index is 1.89. The van der Waals surface area contributed by atoms with E-state index in [1.54, 1.807) is 0 Å². The predicted molar refractivity (Wildman–Crippen MR) is 93.0 cm³/mol. The van der Waals surface area contributed by atoms with Crippen molar-refractivity contribution >= 4 is 22.5 Å². The van der Waals surface area contributed by atoms with Gasteiger partial charge >= 0.3 is 0 Å². The van der Waals surface area contributed by atoms with Gasteiger partial charge < -0.3 is 9.42 Å². The summed E-state index contributed by atoms with van der Waals surface area (Å²) in [5, 5.41) is 5.04. The molecule has 122 valence electrons. The van der Waals surface area contributed by atoms with Crippen LogP contribution in [0.25, 0.3) is 22.4 Å². The first-order chi connectivity index (χ1) is 11.5. The maximum atomic E-state index is 12.1. The van der Waals surface area contributed by atoms with Crippen molar-refractivity contribution in [1.29, 1.82) is 0 Å². The Labute approximate surface area is 140 Å². The summed E-state index contributed by atoms with van der Waals surface area (Å²) in [7, 11) is 0. The lowest BCUT2D eigenvalue weighted by Crippen LogP contribution is -2.24. The molecular formula is C19H19N3O2. The van der Waals surface area contributed by atoms with Crippen molar-refractivity contribution in [1.82, 2.24) is 10.1 Å². The largest absolute Gasteiger partial charge is 0.354 e. The summed E-state index contributed by atoms with van der Waals surface area (Å²) in [5.41, 5.74) is 5.67. The molecule has 5 heteroatoms. The minimum Gasteiger partial charge on any atom is -0.354 e. The normalized spacial score (nSPS) is 14.8. The lowest BCUT2D eigenvalue weighted by atomic mass is 10.0. The zero-order valence-electron chi connectivity index (χ0n) is 14.1. The zero-order valence-corrected chi connectivity index (χ0v) is 14.1. The summed E-state index contributed by atoms with van der Waals surface area (Å²) in [5.74, 6) is 0.855. The van der Waals surface area contributed by atoms with Crippen LogP contribution < -0.4 is 4.90 Å². The molecule has 4 rings (SSSR count). The molecule has 1 fully saturated rings. The molecule has 5 nitrogen and oxygen atoms in total. The van der Waals surface area contributed by atoms with Crippen LogP contribution in [0, 0.1) is 20.8 Å². The number of pyridine rings is 1. The number of nitrogens with zero attached hydrogens (tertiary/aromatic N) is 3. The average Bonchev–Trinajstić information content (AvgIpc) is 3.16. The van der Waals surface area contributed by atoms with E-state index in [9.17, 15) is 4.79 Å². The highest BCUT2D eigenvalue weighted by molar-refractivity contribution is 5.99. The number of hydrogen-bond donors (Lipinski definition) is 0. The second kappa shape index (κ2) is 5.44. The monoisotopic (exact) mass is 321 g/mol. The highest BCUT2D eigenvalue weighted by Crippen LogP contribution is 2.32. The van der Waals surface area contributed by atoms with Crippen molar-refractivity contribution in [3.8, 4) is 11.5 Å². The summed E-state index contributed by atoms with van der Waals surface area (Å²) >= 11 is 0. The third-order valence-corrected chi connectivity index (χ3v) is 4.58. The lowest BCUT2D eigenvalue weighted by Gasteiger charge is -2.19. The van der Waals surface area contributed by atoms with Crippen molar-refractivity contribution in [2.45, 2.75) is 33.6 Å². The fraction of sp³-hybridized carbons (Fsp3) is 0.316. The Bertz CT molecular complexity index is 959. The Morgan fingerprint density at radius 3 is 2.58 bits per heavy atom. The standard InChI is InChI=1S/C19H19N3O2/c1-11-8-16(18-9-13(3)21-24-18)20-15-10-17(12(2)7-14(11)15)22-6-4-5-19(22)23/h7-10H,4-6H2,1-3H3. The van der Waals surface area contributed by atoms with Gasteiger partial charge in [-0.2, -0.15) is 0 Å². The fourth-order valence-corrected chi connectivity index (χ4v) is 3.34. The molecule has 0 N–H and O–H groups in total. The number of hydrogen-bond acceptors (Lipinski definition) is 4. The quantitative estimate of drug-likeness (QED) is 0.717. The summed E-state index contributed by atoms with van der Waals surface area (Å²) in [6.07, 6.45) is 1.54. The van der Waals surface area contributed by atoms with E-state index in [-0.39, 0.29) is 5.91 Å². The molecule has 1 amide bonds. The molecule has 1 aliphatic rings. The number of rotatable bonds is 2. The Kier molecular flexibility index (Phi) is 3.37. The second-order valence-electron chi connectivity index (χ2n) is 6.46. The second-order valence-corrected chi connectivity index (χ2v) is 6.46. The lowest BCUT2D eigenvalue weighted by molar-refractivity contribution is -0.117. The van der Waals surface area contributed by atoms with Gasteiger partial charge in [-0.25, -0.2) is 4.98 Å². The minimum atomic E-state index is 0.191. The smallest absolute Gasteiger partial charge is 0.227 e. The minimum absolute atomic E-state index is 0.191. The van der Waals surface area contributed by atoms with Crippen LogP contribution in [0.4, 0.5) is 5.69 Å². The third kappa shape index (κ3) is 2.37. The third-order valence-electron chi connectivity index (χ3n) is 4.58. The van der Waals surface area contributed by atoms with Gasteiger partial charge in [0, 0.05) is 30.1 Å². The van der Waals surface area contributed by atoms with Gasteiger partial charge in [0.15, 0.2) is 5.76 Å². The number of aromatic nitrogens is 2. The summed E-state index contributed by atoms with van der Waals surface area (Å²) < 4.78 is 5.35. The highest BCUT2D eigenvalue weighted by atomic mass is 16.5. The van der Waals surface area contributed by atoms with E-state index < -0.39 is 0 Å². The van der Waals surface area contributed by atoms with Crippen LogP contribution in [-0.4, -0.2) is 22.6 Å². The van der Waals surface area contributed by atoms with Gasteiger partial charge in [0.1, 0.15) is 5.69 Å². The van der Waals surface area contributed by atoms with Crippen LogP contribution in [0.15, 0.2) is 28.8 Å². The van der Waals surface area contributed by atoms with Crippen molar-refractivity contribution in [2.24, 2.45) is 0 Å². The van der Waals surface area contributed by atoms with Crippen LogP contribution in [-0.2, 0) is 4.79 Å². The molecule has 1 saturated heterocycles. The maximum Gasteiger partial charge on any atom is 0.227 e. The van der Waals surface area contributed by atoms with E-state index in [2.05, 4.69) is 18.1 Å². The van der Waals surface area contributed by atoms with Gasteiger partial charge in [0.2, 0.25) is 5.91 Å². The Morgan fingerprint density at radius 2 is 1.92 bits per heavy atom. The van der Waals surface area contributed by atoms with Gasteiger partial charge in [-0.15, -0.1) is 0 Å². The summed E-state index contributed by atoms with van der Waals surface area (Å²) in [6.45, 7) is 6.79. The molecule has 2 aromatic heterocycles. The zero-order chi connectivity index (χ0) is 16.8. The Hall–Kier alpha value is -2.69.